The Labute approximate surface area is 89.2 Å². The van der Waals surface area contributed by atoms with Crippen molar-refractivity contribution < 1.29 is 20.1 Å². The van der Waals surface area contributed by atoms with Crippen molar-refractivity contribution in [1.82, 2.24) is 0 Å². The second kappa shape index (κ2) is 3.28. The van der Waals surface area contributed by atoms with Gasteiger partial charge in [0.15, 0.2) is 0 Å². The summed E-state index contributed by atoms with van der Waals surface area (Å²) in [6, 6.07) is 0. The van der Waals surface area contributed by atoms with Gasteiger partial charge < -0.3 is 20.1 Å². The van der Waals surface area contributed by atoms with Crippen LogP contribution >= 0.6 is 0 Å². The third-order valence-electron chi connectivity index (χ3n) is 3.95. The first kappa shape index (κ1) is 11.1. The summed E-state index contributed by atoms with van der Waals surface area (Å²) in [4.78, 5) is 0. The lowest BCUT2D eigenvalue weighted by atomic mass is 9.58. The molecule has 1 saturated heterocycles. The van der Waals surface area contributed by atoms with E-state index in [9.17, 15) is 15.3 Å². The maximum absolute atomic E-state index is 10.4. The number of aliphatic hydroxyl groups is 3. The molecule has 2 fully saturated rings. The fourth-order valence-electron chi connectivity index (χ4n) is 2.69. The van der Waals surface area contributed by atoms with Crippen LogP contribution in [0.4, 0.5) is 0 Å². The van der Waals surface area contributed by atoms with Crippen LogP contribution in [0, 0.1) is 5.41 Å². The molecule has 3 unspecified atom stereocenters. The zero-order valence-electron chi connectivity index (χ0n) is 8.94. The topological polar surface area (TPSA) is 69.9 Å². The summed E-state index contributed by atoms with van der Waals surface area (Å²) >= 11 is 0. The SMILES string of the molecule is C=C(C)C1(C2(O)OCC(O)C2O)CCC1. The van der Waals surface area contributed by atoms with Gasteiger partial charge in [0.05, 0.1) is 6.61 Å². The smallest absolute Gasteiger partial charge is 0.204 e. The Morgan fingerprint density at radius 3 is 2.27 bits per heavy atom. The van der Waals surface area contributed by atoms with Crippen LogP contribution in [-0.2, 0) is 4.74 Å². The molecule has 86 valence electrons. The van der Waals surface area contributed by atoms with Gasteiger partial charge in [-0.05, 0) is 19.8 Å². The average Bonchev–Trinajstić information content (AvgIpc) is 2.31. The van der Waals surface area contributed by atoms with Gasteiger partial charge in [0.1, 0.15) is 12.2 Å². The van der Waals surface area contributed by atoms with Gasteiger partial charge in [0.2, 0.25) is 5.79 Å². The van der Waals surface area contributed by atoms with Crippen LogP contribution in [0.1, 0.15) is 26.2 Å². The maximum atomic E-state index is 10.4. The molecule has 2 rings (SSSR count). The van der Waals surface area contributed by atoms with Crippen molar-refractivity contribution in [1.29, 1.82) is 0 Å². The highest BCUT2D eigenvalue weighted by molar-refractivity contribution is 5.21. The van der Waals surface area contributed by atoms with E-state index in [-0.39, 0.29) is 6.61 Å². The molecule has 0 aromatic rings. The van der Waals surface area contributed by atoms with Crippen LogP contribution in [0.2, 0.25) is 0 Å². The number of hydrogen-bond donors (Lipinski definition) is 3. The van der Waals surface area contributed by atoms with Crippen LogP contribution in [0.25, 0.3) is 0 Å². The lowest BCUT2D eigenvalue weighted by Crippen LogP contribution is -2.60. The fourth-order valence-corrected chi connectivity index (χ4v) is 2.69. The molecule has 1 saturated carbocycles. The Balaban J connectivity index is 2.32. The van der Waals surface area contributed by atoms with Gasteiger partial charge in [-0.1, -0.05) is 18.6 Å². The number of aliphatic hydroxyl groups excluding tert-OH is 2. The van der Waals surface area contributed by atoms with E-state index >= 15 is 0 Å². The first-order chi connectivity index (χ1) is 6.94. The molecule has 2 aliphatic rings. The minimum atomic E-state index is -1.66. The molecule has 0 aromatic carbocycles. The van der Waals surface area contributed by atoms with Crippen LogP contribution in [0.5, 0.6) is 0 Å². The molecule has 0 aromatic heterocycles. The minimum absolute atomic E-state index is 0.0211. The lowest BCUT2D eigenvalue weighted by Gasteiger charge is -2.52. The van der Waals surface area contributed by atoms with E-state index in [1.165, 1.54) is 0 Å². The van der Waals surface area contributed by atoms with Crippen LogP contribution in [-0.4, -0.2) is 39.9 Å². The molecule has 3 N–H and O–H groups in total. The van der Waals surface area contributed by atoms with Gasteiger partial charge in [-0.15, -0.1) is 0 Å². The third-order valence-corrected chi connectivity index (χ3v) is 3.95. The van der Waals surface area contributed by atoms with Crippen molar-refractivity contribution in [2.24, 2.45) is 5.41 Å². The van der Waals surface area contributed by atoms with Crippen molar-refractivity contribution >= 4 is 0 Å². The Morgan fingerprint density at radius 1 is 1.40 bits per heavy atom. The van der Waals surface area contributed by atoms with E-state index in [1.54, 1.807) is 0 Å². The first-order valence-corrected chi connectivity index (χ1v) is 5.32. The van der Waals surface area contributed by atoms with Gasteiger partial charge in [-0.2, -0.15) is 0 Å². The quantitative estimate of drug-likeness (QED) is 0.573. The molecule has 0 amide bonds. The van der Waals surface area contributed by atoms with Gasteiger partial charge in [-0.25, -0.2) is 0 Å². The Hall–Kier alpha value is -0.420. The Morgan fingerprint density at radius 2 is 2.00 bits per heavy atom. The summed E-state index contributed by atoms with van der Waals surface area (Å²) in [5, 5.41) is 29.6. The predicted octanol–water partition coefficient (Wildman–Crippen LogP) is 0.173. The van der Waals surface area contributed by atoms with Gasteiger partial charge in [0, 0.05) is 5.41 Å². The van der Waals surface area contributed by atoms with E-state index in [0.717, 1.165) is 24.8 Å². The normalized spacial score (nSPS) is 43.7. The zero-order chi connectivity index (χ0) is 11.3. The van der Waals surface area contributed by atoms with E-state index in [4.69, 9.17) is 4.74 Å². The zero-order valence-corrected chi connectivity index (χ0v) is 8.94. The molecule has 15 heavy (non-hydrogen) atoms. The van der Waals surface area contributed by atoms with E-state index in [1.807, 2.05) is 6.92 Å². The van der Waals surface area contributed by atoms with Crippen molar-refractivity contribution in [2.75, 3.05) is 6.61 Å². The minimum Gasteiger partial charge on any atom is -0.388 e. The van der Waals surface area contributed by atoms with E-state index in [0.29, 0.717) is 0 Å². The summed E-state index contributed by atoms with van der Waals surface area (Å²) < 4.78 is 5.23. The third kappa shape index (κ3) is 1.22. The van der Waals surface area contributed by atoms with Crippen LogP contribution in [0.3, 0.4) is 0 Å². The molecule has 0 radical (unpaired) electrons. The summed E-state index contributed by atoms with van der Waals surface area (Å²) in [5.74, 6) is -1.66. The second-order valence-electron chi connectivity index (χ2n) is 4.74. The fraction of sp³-hybridized carbons (Fsp3) is 0.818. The molecule has 1 aliphatic carbocycles. The second-order valence-corrected chi connectivity index (χ2v) is 4.74. The highest BCUT2D eigenvalue weighted by Gasteiger charge is 2.63. The summed E-state index contributed by atoms with van der Waals surface area (Å²) in [6.07, 6.45) is 0.244. The lowest BCUT2D eigenvalue weighted by molar-refractivity contribution is -0.291. The van der Waals surface area contributed by atoms with Crippen LogP contribution in [0.15, 0.2) is 12.2 Å². The Kier molecular flexibility index (Phi) is 2.43. The predicted molar refractivity (Wildman–Crippen MR) is 54.0 cm³/mol. The highest BCUT2D eigenvalue weighted by atomic mass is 16.7. The standard InChI is InChI=1S/C11H18O4/c1-7(2)10(4-3-5-10)11(14)9(13)8(12)6-15-11/h8-9,12-14H,1,3-6H2,2H3. The largest absolute Gasteiger partial charge is 0.388 e. The molecule has 1 aliphatic heterocycles. The summed E-state index contributed by atoms with van der Waals surface area (Å²) in [7, 11) is 0. The van der Waals surface area contributed by atoms with Crippen molar-refractivity contribution in [3.8, 4) is 0 Å². The monoisotopic (exact) mass is 214 g/mol. The first-order valence-electron chi connectivity index (χ1n) is 5.32. The maximum Gasteiger partial charge on any atom is 0.204 e. The molecular weight excluding hydrogens is 196 g/mol. The number of ether oxygens (including phenoxy) is 1. The van der Waals surface area contributed by atoms with E-state index < -0.39 is 23.4 Å². The van der Waals surface area contributed by atoms with E-state index in [2.05, 4.69) is 6.58 Å². The van der Waals surface area contributed by atoms with Gasteiger partial charge in [-0.3, -0.25) is 0 Å². The van der Waals surface area contributed by atoms with Gasteiger partial charge in [0.25, 0.3) is 0 Å². The summed E-state index contributed by atoms with van der Waals surface area (Å²) in [6.45, 7) is 5.68. The molecule has 4 nitrogen and oxygen atoms in total. The highest BCUT2D eigenvalue weighted by Crippen LogP contribution is 2.57. The van der Waals surface area contributed by atoms with Crippen molar-refractivity contribution in [3.63, 3.8) is 0 Å². The molecule has 1 heterocycles. The van der Waals surface area contributed by atoms with Crippen molar-refractivity contribution in [2.45, 2.75) is 44.2 Å². The average molecular weight is 214 g/mol. The molecule has 3 atom stereocenters. The Bertz CT molecular complexity index is 284. The molecule has 0 spiro atoms. The van der Waals surface area contributed by atoms with Gasteiger partial charge >= 0.3 is 0 Å². The molecule has 4 heteroatoms. The number of hydrogen-bond acceptors (Lipinski definition) is 4. The molecular formula is C11H18O4. The summed E-state index contributed by atoms with van der Waals surface area (Å²) in [5.41, 5.74) is 0.230. The molecule has 0 bridgehead atoms. The van der Waals surface area contributed by atoms with Crippen molar-refractivity contribution in [3.05, 3.63) is 12.2 Å². The van der Waals surface area contributed by atoms with Crippen LogP contribution < -0.4 is 0 Å². The number of rotatable bonds is 2.